The maximum atomic E-state index is 11.3. The van der Waals surface area contributed by atoms with Crippen molar-refractivity contribution in [2.45, 2.75) is 38.3 Å². The molecule has 5 heteroatoms. The van der Waals surface area contributed by atoms with Crippen molar-refractivity contribution in [2.24, 2.45) is 0 Å². The summed E-state index contributed by atoms with van der Waals surface area (Å²) in [7, 11) is 0. The van der Waals surface area contributed by atoms with Crippen LogP contribution in [-0.2, 0) is 4.74 Å². The van der Waals surface area contributed by atoms with E-state index in [0.717, 1.165) is 43.4 Å². The van der Waals surface area contributed by atoms with E-state index in [9.17, 15) is 4.79 Å². The molecule has 3 N–H and O–H groups in total. The highest BCUT2D eigenvalue weighted by Gasteiger charge is 2.21. The van der Waals surface area contributed by atoms with Crippen LogP contribution in [0.4, 0.5) is 0 Å². The van der Waals surface area contributed by atoms with Crippen LogP contribution in [0, 0.1) is 0 Å². The van der Waals surface area contributed by atoms with Gasteiger partial charge in [0.2, 0.25) is 0 Å². The minimum absolute atomic E-state index is 0.156. The summed E-state index contributed by atoms with van der Waals surface area (Å²) in [5.41, 5.74) is 2.76. The zero-order chi connectivity index (χ0) is 13.9. The minimum atomic E-state index is -0.156. The van der Waals surface area contributed by atoms with Crippen molar-refractivity contribution in [1.82, 2.24) is 15.3 Å². The van der Waals surface area contributed by atoms with E-state index in [1.807, 2.05) is 6.07 Å². The summed E-state index contributed by atoms with van der Waals surface area (Å²) in [6.45, 7) is 3.91. The molecular weight excluding hydrogens is 254 g/mol. The molecule has 0 amide bonds. The maximum Gasteiger partial charge on any atom is 0.323 e. The van der Waals surface area contributed by atoms with Crippen molar-refractivity contribution in [2.75, 3.05) is 13.2 Å². The van der Waals surface area contributed by atoms with Gasteiger partial charge in [-0.15, -0.1) is 0 Å². The average molecular weight is 275 g/mol. The predicted octanol–water partition coefficient (Wildman–Crippen LogP) is 2.08. The van der Waals surface area contributed by atoms with Crippen molar-refractivity contribution < 1.29 is 4.74 Å². The molecule has 0 spiro atoms. The van der Waals surface area contributed by atoms with Crippen molar-refractivity contribution in [3.8, 4) is 0 Å². The van der Waals surface area contributed by atoms with Gasteiger partial charge in [-0.2, -0.15) is 0 Å². The lowest BCUT2D eigenvalue weighted by molar-refractivity contribution is 0.0948. The second-order valence-corrected chi connectivity index (χ2v) is 5.37. The summed E-state index contributed by atoms with van der Waals surface area (Å²) < 4.78 is 5.74. The van der Waals surface area contributed by atoms with Gasteiger partial charge >= 0.3 is 5.69 Å². The van der Waals surface area contributed by atoms with Gasteiger partial charge in [-0.25, -0.2) is 4.79 Å². The molecule has 0 saturated carbocycles. The lowest BCUT2D eigenvalue weighted by Gasteiger charge is -2.21. The van der Waals surface area contributed by atoms with Gasteiger partial charge in [0.15, 0.2) is 0 Å². The molecule has 1 saturated heterocycles. The summed E-state index contributed by atoms with van der Waals surface area (Å²) >= 11 is 0. The second-order valence-electron chi connectivity index (χ2n) is 5.37. The number of H-pyrrole nitrogens is 2. The number of benzene rings is 1. The quantitative estimate of drug-likeness (QED) is 0.782. The third-order valence-corrected chi connectivity index (χ3v) is 3.92. The van der Waals surface area contributed by atoms with Gasteiger partial charge in [0.25, 0.3) is 0 Å². The van der Waals surface area contributed by atoms with E-state index < -0.39 is 0 Å². The molecule has 0 bridgehead atoms. The first-order chi connectivity index (χ1) is 9.76. The number of hydrogen-bond acceptors (Lipinski definition) is 3. The van der Waals surface area contributed by atoms with E-state index in [1.54, 1.807) is 0 Å². The maximum absolute atomic E-state index is 11.3. The van der Waals surface area contributed by atoms with Crippen molar-refractivity contribution in [3.05, 3.63) is 34.2 Å². The van der Waals surface area contributed by atoms with Gasteiger partial charge in [-0.1, -0.05) is 13.0 Å². The van der Waals surface area contributed by atoms with Crippen LogP contribution < -0.4 is 11.0 Å². The summed E-state index contributed by atoms with van der Waals surface area (Å²) in [5, 5.41) is 3.52. The van der Waals surface area contributed by atoms with Crippen LogP contribution in [0.25, 0.3) is 11.0 Å². The molecule has 2 aromatic rings. The molecule has 0 radical (unpaired) electrons. The third kappa shape index (κ3) is 2.78. The highest BCUT2D eigenvalue weighted by molar-refractivity contribution is 5.75. The molecule has 108 valence electrons. The standard InChI is InChI=1S/C15H21N3O2/c1-2-16-13(9-11-4-3-7-20-11)10-5-6-12-14(8-10)18-15(19)17-12/h5-6,8,11,13,16H,2-4,7,9H2,1H3,(H2,17,18,19). The first-order valence-corrected chi connectivity index (χ1v) is 7.33. The Morgan fingerprint density at radius 1 is 1.40 bits per heavy atom. The molecule has 3 rings (SSSR count). The SMILES string of the molecule is CCNC(CC1CCCO1)c1ccc2[nH]c(=O)[nH]c2c1. The van der Waals surface area contributed by atoms with E-state index >= 15 is 0 Å². The number of aromatic nitrogens is 2. The summed E-state index contributed by atoms with van der Waals surface area (Å²) in [6, 6.07) is 6.36. The van der Waals surface area contributed by atoms with Gasteiger partial charge in [0.1, 0.15) is 0 Å². The van der Waals surface area contributed by atoms with Crippen LogP contribution in [0.15, 0.2) is 23.0 Å². The number of nitrogens with one attached hydrogen (secondary N) is 3. The zero-order valence-electron chi connectivity index (χ0n) is 11.7. The number of fused-ring (bicyclic) bond motifs is 1. The van der Waals surface area contributed by atoms with E-state index in [2.05, 4.69) is 34.3 Å². The summed E-state index contributed by atoms with van der Waals surface area (Å²) in [5.74, 6) is 0. The molecule has 1 aromatic carbocycles. The highest BCUT2D eigenvalue weighted by Crippen LogP contribution is 2.26. The molecule has 1 aromatic heterocycles. The topological polar surface area (TPSA) is 69.9 Å². The summed E-state index contributed by atoms with van der Waals surface area (Å²) in [6.07, 6.45) is 3.63. The fourth-order valence-corrected chi connectivity index (χ4v) is 2.94. The Bertz CT molecular complexity index is 625. The zero-order valence-corrected chi connectivity index (χ0v) is 11.7. The van der Waals surface area contributed by atoms with Crippen molar-refractivity contribution >= 4 is 11.0 Å². The Balaban J connectivity index is 1.85. The molecule has 0 aliphatic carbocycles. The molecular formula is C15H21N3O2. The molecule has 2 heterocycles. The Morgan fingerprint density at radius 3 is 3.00 bits per heavy atom. The van der Waals surface area contributed by atoms with Crippen LogP contribution in [0.2, 0.25) is 0 Å². The number of ether oxygens (including phenoxy) is 1. The fourth-order valence-electron chi connectivity index (χ4n) is 2.94. The normalized spacial score (nSPS) is 20.6. The number of imidazole rings is 1. The summed E-state index contributed by atoms with van der Waals surface area (Å²) in [4.78, 5) is 16.9. The molecule has 1 aliphatic heterocycles. The van der Waals surface area contributed by atoms with Gasteiger partial charge in [-0.3, -0.25) is 0 Å². The largest absolute Gasteiger partial charge is 0.378 e. The van der Waals surface area contributed by atoms with Crippen LogP contribution in [0.3, 0.4) is 0 Å². The van der Waals surface area contributed by atoms with Crippen molar-refractivity contribution in [1.29, 1.82) is 0 Å². The number of rotatable bonds is 5. The monoisotopic (exact) mass is 275 g/mol. The number of aromatic amines is 2. The molecule has 2 unspecified atom stereocenters. The Hall–Kier alpha value is -1.59. The lowest BCUT2D eigenvalue weighted by Crippen LogP contribution is -2.25. The van der Waals surface area contributed by atoms with Gasteiger partial charge in [-0.05, 0) is 43.5 Å². The van der Waals surface area contributed by atoms with Crippen LogP contribution in [0.5, 0.6) is 0 Å². The van der Waals surface area contributed by atoms with E-state index in [-0.39, 0.29) is 11.7 Å². The van der Waals surface area contributed by atoms with Crippen molar-refractivity contribution in [3.63, 3.8) is 0 Å². The Kier molecular flexibility index (Phi) is 3.89. The molecule has 20 heavy (non-hydrogen) atoms. The van der Waals surface area contributed by atoms with E-state index in [0.29, 0.717) is 6.10 Å². The van der Waals surface area contributed by atoms with Crippen LogP contribution >= 0.6 is 0 Å². The second kappa shape index (κ2) is 5.81. The predicted molar refractivity (Wildman–Crippen MR) is 78.9 cm³/mol. The third-order valence-electron chi connectivity index (χ3n) is 3.92. The number of hydrogen-bond donors (Lipinski definition) is 3. The molecule has 1 fully saturated rings. The molecule has 5 nitrogen and oxygen atoms in total. The van der Waals surface area contributed by atoms with Crippen LogP contribution in [0.1, 0.15) is 37.8 Å². The average Bonchev–Trinajstić information content (AvgIpc) is 3.05. The minimum Gasteiger partial charge on any atom is -0.378 e. The van der Waals surface area contributed by atoms with Crippen LogP contribution in [-0.4, -0.2) is 29.2 Å². The van der Waals surface area contributed by atoms with Gasteiger partial charge in [0, 0.05) is 12.6 Å². The Labute approximate surface area is 117 Å². The van der Waals surface area contributed by atoms with Gasteiger partial charge in [0.05, 0.1) is 17.1 Å². The Morgan fingerprint density at radius 2 is 2.25 bits per heavy atom. The van der Waals surface area contributed by atoms with Gasteiger partial charge < -0.3 is 20.0 Å². The highest BCUT2D eigenvalue weighted by atomic mass is 16.5. The molecule has 1 aliphatic rings. The first-order valence-electron chi connectivity index (χ1n) is 7.33. The van der Waals surface area contributed by atoms with E-state index in [4.69, 9.17) is 4.74 Å². The molecule has 2 atom stereocenters. The lowest BCUT2D eigenvalue weighted by atomic mass is 9.99. The smallest absolute Gasteiger partial charge is 0.323 e. The fraction of sp³-hybridized carbons (Fsp3) is 0.533. The van der Waals surface area contributed by atoms with E-state index in [1.165, 1.54) is 5.56 Å². The first kappa shape index (κ1) is 13.4.